The van der Waals surface area contributed by atoms with Crippen LogP contribution in [0.2, 0.25) is 0 Å². The van der Waals surface area contributed by atoms with Crippen molar-refractivity contribution in [3.63, 3.8) is 0 Å². The first-order chi connectivity index (χ1) is 7.36. The fourth-order valence-corrected chi connectivity index (χ4v) is 2.07. The maximum atomic E-state index is 11.5. The molecule has 0 unspecified atom stereocenters. The SMILES string of the molecule is CNS(=O)(=O)c1ccc(NC(C)=O)c(C)c1. The summed E-state index contributed by atoms with van der Waals surface area (Å²) >= 11 is 0. The van der Waals surface area contributed by atoms with Crippen molar-refractivity contribution >= 4 is 21.6 Å². The monoisotopic (exact) mass is 242 g/mol. The second-order valence-electron chi connectivity index (χ2n) is 3.37. The van der Waals surface area contributed by atoms with E-state index in [0.29, 0.717) is 11.3 Å². The number of nitrogens with one attached hydrogen (secondary N) is 2. The van der Waals surface area contributed by atoms with Gasteiger partial charge in [-0.25, -0.2) is 13.1 Å². The lowest BCUT2D eigenvalue weighted by atomic mass is 10.2. The molecule has 6 heteroatoms. The maximum Gasteiger partial charge on any atom is 0.240 e. The van der Waals surface area contributed by atoms with Gasteiger partial charge in [-0.2, -0.15) is 0 Å². The number of sulfonamides is 1. The molecule has 0 saturated carbocycles. The van der Waals surface area contributed by atoms with Gasteiger partial charge in [-0.3, -0.25) is 4.79 Å². The van der Waals surface area contributed by atoms with E-state index in [1.165, 1.54) is 26.1 Å². The van der Waals surface area contributed by atoms with Crippen LogP contribution in [0.1, 0.15) is 12.5 Å². The third-order valence-electron chi connectivity index (χ3n) is 2.09. The summed E-state index contributed by atoms with van der Waals surface area (Å²) in [6.45, 7) is 3.14. The van der Waals surface area contributed by atoms with E-state index in [-0.39, 0.29) is 10.8 Å². The predicted molar refractivity (Wildman–Crippen MR) is 61.7 cm³/mol. The minimum atomic E-state index is -3.43. The van der Waals surface area contributed by atoms with Gasteiger partial charge in [0.05, 0.1) is 4.90 Å². The molecule has 5 nitrogen and oxygen atoms in total. The lowest BCUT2D eigenvalue weighted by molar-refractivity contribution is -0.114. The summed E-state index contributed by atoms with van der Waals surface area (Å²) in [4.78, 5) is 11.0. The number of benzene rings is 1. The van der Waals surface area contributed by atoms with Crippen molar-refractivity contribution in [1.29, 1.82) is 0 Å². The number of hydrogen-bond donors (Lipinski definition) is 2. The summed E-state index contributed by atoms with van der Waals surface area (Å²) in [6.07, 6.45) is 0. The molecule has 0 saturated heterocycles. The maximum absolute atomic E-state index is 11.5. The minimum absolute atomic E-state index is 0.182. The Hall–Kier alpha value is -1.40. The number of anilines is 1. The van der Waals surface area contributed by atoms with Crippen LogP contribution >= 0.6 is 0 Å². The Morgan fingerprint density at radius 1 is 1.31 bits per heavy atom. The highest BCUT2D eigenvalue weighted by Gasteiger charge is 2.12. The van der Waals surface area contributed by atoms with Crippen LogP contribution in [-0.2, 0) is 14.8 Å². The molecule has 0 aliphatic carbocycles. The number of carbonyl (C=O) groups is 1. The molecular weight excluding hydrogens is 228 g/mol. The van der Waals surface area contributed by atoms with Gasteiger partial charge in [-0.05, 0) is 37.7 Å². The van der Waals surface area contributed by atoms with Gasteiger partial charge in [0.1, 0.15) is 0 Å². The number of rotatable bonds is 3. The highest BCUT2D eigenvalue weighted by molar-refractivity contribution is 7.89. The number of carbonyl (C=O) groups excluding carboxylic acids is 1. The lowest BCUT2D eigenvalue weighted by Gasteiger charge is -2.08. The predicted octanol–water partition coefficient (Wildman–Crippen LogP) is 0.862. The first-order valence-corrected chi connectivity index (χ1v) is 6.17. The van der Waals surface area contributed by atoms with Crippen LogP contribution in [0.4, 0.5) is 5.69 Å². The van der Waals surface area contributed by atoms with E-state index in [1.807, 2.05) is 0 Å². The molecule has 0 spiro atoms. The quantitative estimate of drug-likeness (QED) is 0.825. The van der Waals surface area contributed by atoms with E-state index in [9.17, 15) is 13.2 Å². The molecule has 0 atom stereocenters. The van der Waals surface area contributed by atoms with Gasteiger partial charge in [-0.1, -0.05) is 0 Å². The van der Waals surface area contributed by atoms with Crippen LogP contribution in [0.25, 0.3) is 0 Å². The van der Waals surface area contributed by atoms with Gasteiger partial charge >= 0.3 is 0 Å². The topological polar surface area (TPSA) is 75.3 Å². The Kier molecular flexibility index (Phi) is 3.66. The van der Waals surface area contributed by atoms with Crippen molar-refractivity contribution < 1.29 is 13.2 Å². The molecule has 88 valence electrons. The standard InChI is InChI=1S/C10H14N2O3S/c1-7-6-9(16(14,15)11-3)4-5-10(7)12-8(2)13/h4-6,11H,1-3H3,(H,12,13). The van der Waals surface area contributed by atoms with Crippen LogP contribution in [0.5, 0.6) is 0 Å². The summed E-state index contributed by atoms with van der Waals surface area (Å²) in [5.74, 6) is -0.188. The fraction of sp³-hybridized carbons (Fsp3) is 0.300. The highest BCUT2D eigenvalue weighted by atomic mass is 32.2. The molecule has 2 N–H and O–H groups in total. The van der Waals surface area contributed by atoms with E-state index in [0.717, 1.165) is 0 Å². The molecule has 1 aromatic rings. The lowest BCUT2D eigenvalue weighted by Crippen LogP contribution is -2.18. The molecular formula is C10H14N2O3S. The van der Waals surface area contributed by atoms with Gasteiger partial charge in [0.15, 0.2) is 0 Å². The van der Waals surface area contributed by atoms with Gasteiger partial charge in [0, 0.05) is 12.6 Å². The molecule has 1 rings (SSSR count). The van der Waals surface area contributed by atoms with Crippen LogP contribution in [0, 0.1) is 6.92 Å². The Balaban J connectivity index is 3.14. The number of hydrogen-bond acceptors (Lipinski definition) is 3. The average Bonchev–Trinajstić information content (AvgIpc) is 2.20. The molecule has 1 aromatic carbocycles. The third kappa shape index (κ3) is 2.80. The van der Waals surface area contributed by atoms with Crippen LogP contribution in [0.15, 0.2) is 23.1 Å². The normalized spacial score (nSPS) is 11.2. The molecule has 1 amide bonds. The van der Waals surface area contributed by atoms with Crippen molar-refractivity contribution in [2.24, 2.45) is 0 Å². The Bertz CT molecular complexity index is 509. The van der Waals surface area contributed by atoms with Crippen molar-refractivity contribution in [2.45, 2.75) is 18.7 Å². The largest absolute Gasteiger partial charge is 0.326 e. The highest BCUT2D eigenvalue weighted by Crippen LogP contribution is 2.19. The molecule has 0 aromatic heterocycles. The summed E-state index contributed by atoms with van der Waals surface area (Å²) in [5, 5.41) is 2.62. The first kappa shape index (κ1) is 12.7. The third-order valence-corrected chi connectivity index (χ3v) is 3.50. The second-order valence-corrected chi connectivity index (χ2v) is 5.25. The van der Waals surface area contributed by atoms with E-state index in [1.54, 1.807) is 13.0 Å². The van der Waals surface area contributed by atoms with Crippen molar-refractivity contribution in [2.75, 3.05) is 12.4 Å². The van der Waals surface area contributed by atoms with Crippen LogP contribution in [0.3, 0.4) is 0 Å². The zero-order valence-electron chi connectivity index (χ0n) is 9.37. The average molecular weight is 242 g/mol. The fourth-order valence-electron chi connectivity index (χ4n) is 1.25. The Morgan fingerprint density at radius 3 is 2.38 bits per heavy atom. The van der Waals surface area contributed by atoms with Gasteiger partial charge in [-0.15, -0.1) is 0 Å². The van der Waals surface area contributed by atoms with Gasteiger partial charge in [0.2, 0.25) is 15.9 Å². The molecule has 0 aliphatic heterocycles. The van der Waals surface area contributed by atoms with E-state index >= 15 is 0 Å². The smallest absolute Gasteiger partial charge is 0.240 e. The van der Waals surface area contributed by atoms with Crippen LogP contribution in [-0.4, -0.2) is 21.4 Å². The summed E-state index contributed by atoms with van der Waals surface area (Å²) in [7, 11) is -2.08. The molecule has 0 radical (unpaired) electrons. The molecule has 0 bridgehead atoms. The molecule has 16 heavy (non-hydrogen) atoms. The number of aryl methyl sites for hydroxylation is 1. The van der Waals surface area contributed by atoms with Crippen LogP contribution < -0.4 is 10.0 Å². The zero-order chi connectivity index (χ0) is 12.3. The first-order valence-electron chi connectivity index (χ1n) is 4.68. The van der Waals surface area contributed by atoms with Crippen molar-refractivity contribution in [1.82, 2.24) is 4.72 Å². The van der Waals surface area contributed by atoms with Gasteiger partial charge < -0.3 is 5.32 Å². The van der Waals surface area contributed by atoms with Crippen molar-refractivity contribution in [3.05, 3.63) is 23.8 Å². The minimum Gasteiger partial charge on any atom is -0.326 e. The zero-order valence-corrected chi connectivity index (χ0v) is 10.2. The molecule has 0 fully saturated rings. The molecule has 0 aliphatic rings. The molecule has 0 heterocycles. The van der Waals surface area contributed by atoms with Gasteiger partial charge in [0.25, 0.3) is 0 Å². The Morgan fingerprint density at radius 2 is 1.94 bits per heavy atom. The second kappa shape index (κ2) is 4.63. The summed E-state index contributed by atoms with van der Waals surface area (Å²) in [6, 6.07) is 4.53. The Labute approximate surface area is 94.9 Å². The van der Waals surface area contributed by atoms with Crippen molar-refractivity contribution in [3.8, 4) is 0 Å². The van der Waals surface area contributed by atoms with E-state index in [2.05, 4.69) is 10.0 Å². The summed E-state index contributed by atoms with van der Waals surface area (Å²) < 4.78 is 25.2. The van der Waals surface area contributed by atoms with E-state index < -0.39 is 10.0 Å². The summed E-state index contributed by atoms with van der Waals surface area (Å²) in [5.41, 5.74) is 1.31. The number of amides is 1. The van der Waals surface area contributed by atoms with E-state index in [4.69, 9.17) is 0 Å².